The van der Waals surface area contributed by atoms with Gasteiger partial charge in [-0.2, -0.15) is 0 Å². The largest absolute Gasteiger partial charge is 0.495 e. The molecular weight excluding hydrogens is 414 g/mol. The lowest BCUT2D eigenvalue weighted by Gasteiger charge is -2.19. The number of anilines is 1. The minimum atomic E-state index is -0.221. The summed E-state index contributed by atoms with van der Waals surface area (Å²) in [7, 11) is 3.22. The standard InChI is InChI=1S/C22H21N5O3S/c1-29-15-10-11-16(30-2)19-18(15)23-22(31-19)27(13-14-7-4-3-5-8-14)21(28)20-25-24-17-9-6-12-26(17)20/h3-5,7-8,10-11H,6,9,12-13H2,1-2H3. The first-order chi connectivity index (χ1) is 15.2. The summed E-state index contributed by atoms with van der Waals surface area (Å²) in [6.07, 6.45) is 1.81. The molecule has 2 aromatic carbocycles. The van der Waals surface area contributed by atoms with Gasteiger partial charge in [-0.3, -0.25) is 9.69 Å². The molecule has 2 aromatic heterocycles. The van der Waals surface area contributed by atoms with E-state index in [0.29, 0.717) is 34.5 Å². The third-order valence-electron chi connectivity index (χ3n) is 5.36. The number of fused-ring (bicyclic) bond motifs is 2. The maximum absolute atomic E-state index is 13.7. The van der Waals surface area contributed by atoms with Gasteiger partial charge in [0, 0.05) is 13.0 Å². The van der Waals surface area contributed by atoms with E-state index < -0.39 is 0 Å². The molecule has 0 unspecified atom stereocenters. The summed E-state index contributed by atoms with van der Waals surface area (Å²) in [6.45, 7) is 1.12. The number of amides is 1. The summed E-state index contributed by atoms with van der Waals surface area (Å²) < 4.78 is 13.7. The average molecular weight is 436 g/mol. The zero-order chi connectivity index (χ0) is 21.4. The Morgan fingerprint density at radius 3 is 2.65 bits per heavy atom. The van der Waals surface area contributed by atoms with Gasteiger partial charge in [0.2, 0.25) is 5.82 Å². The van der Waals surface area contributed by atoms with E-state index in [1.54, 1.807) is 19.1 Å². The third kappa shape index (κ3) is 3.40. The average Bonchev–Trinajstić information content (AvgIpc) is 3.52. The number of hydrogen-bond donors (Lipinski definition) is 0. The molecule has 0 spiro atoms. The Kier molecular flexibility index (Phi) is 5.03. The Labute approximate surface area is 183 Å². The maximum atomic E-state index is 13.7. The van der Waals surface area contributed by atoms with Gasteiger partial charge in [0.25, 0.3) is 5.91 Å². The maximum Gasteiger partial charge on any atom is 0.298 e. The van der Waals surface area contributed by atoms with Gasteiger partial charge >= 0.3 is 0 Å². The van der Waals surface area contributed by atoms with Crippen LogP contribution in [0.3, 0.4) is 0 Å². The van der Waals surface area contributed by atoms with E-state index in [4.69, 9.17) is 14.5 Å². The van der Waals surface area contributed by atoms with Crippen LogP contribution in [-0.2, 0) is 19.5 Å². The number of ether oxygens (including phenoxy) is 2. The highest BCUT2D eigenvalue weighted by molar-refractivity contribution is 7.22. The zero-order valence-corrected chi connectivity index (χ0v) is 18.1. The molecule has 0 radical (unpaired) electrons. The summed E-state index contributed by atoms with van der Waals surface area (Å²) in [5.74, 6) is 2.31. The smallest absolute Gasteiger partial charge is 0.298 e. The van der Waals surface area contributed by atoms with Gasteiger partial charge in [-0.05, 0) is 24.1 Å². The first-order valence-electron chi connectivity index (χ1n) is 9.99. The predicted molar refractivity (Wildman–Crippen MR) is 118 cm³/mol. The number of hydrogen-bond acceptors (Lipinski definition) is 7. The van der Waals surface area contributed by atoms with Gasteiger partial charge in [0.1, 0.15) is 27.5 Å². The van der Waals surface area contributed by atoms with Crippen molar-refractivity contribution in [3.8, 4) is 11.5 Å². The number of aromatic nitrogens is 4. The topological polar surface area (TPSA) is 82.4 Å². The molecule has 0 fully saturated rings. The minimum absolute atomic E-state index is 0.221. The molecule has 1 amide bonds. The van der Waals surface area contributed by atoms with Crippen LogP contribution in [0.1, 0.15) is 28.4 Å². The van der Waals surface area contributed by atoms with Crippen LogP contribution in [0.4, 0.5) is 5.13 Å². The lowest BCUT2D eigenvalue weighted by Crippen LogP contribution is -2.32. The fraction of sp³-hybridized carbons (Fsp3) is 0.273. The Morgan fingerprint density at radius 2 is 1.87 bits per heavy atom. The molecule has 158 valence electrons. The van der Waals surface area contributed by atoms with Crippen molar-refractivity contribution in [2.45, 2.75) is 25.9 Å². The number of methoxy groups -OCH3 is 2. The van der Waals surface area contributed by atoms with Crippen LogP contribution in [-0.4, -0.2) is 39.9 Å². The third-order valence-corrected chi connectivity index (χ3v) is 6.45. The van der Waals surface area contributed by atoms with E-state index in [9.17, 15) is 4.79 Å². The molecule has 0 N–H and O–H groups in total. The Bertz CT molecular complexity index is 1210. The highest BCUT2D eigenvalue weighted by Crippen LogP contribution is 2.40. The van der Waals surface area contributed by atoms with Crippen LogP contribution >= 0.6 is 11.3 Å². The van der Waals surface area contributed by atoms with Crippen molar-refractivity contribution in [1.29, 1.82) is 0 Å². The molecule has 1 aliphatic heterocycles. The number of rotatable bonds is 6. The van der Waals surface area contributed by atoms with Gasteiger partial charge in [-0.1, -0.05) is 41.7 Å². The molecule has 31 heavy (non-hydrogen) atoms. The van der Waals surface area contributed by atoms with Gasteiger partial charge in [0.05, 0.1) is 20.8 Å². The number of nitrogens with zero attached hydrogens (tertiary/aromatic N) is 5. The van der Waals surface area contributed by atoms with Gasteiger partial charge in [-0.15, -0.1) is 10.2 Å². The van der Waals surface area contributed by atoms with E-state index in [0.717, 1.165) is 35.5 Å². The number of thiazole rings is 1. The normalized spacial score (nSPS) is 12.7. The summed E-state index contributed by atoms with van der Waals surface area (Å²) in [4.78, 5) is 20.1. The Balaban J connectivity index is 1.62. The van der Waals surface area contributed by atoms with E-state index in [1.807, 2.05) is 47.0 Å². The molecule has 0 bridgehead atoms. The van der Waals surface area contributed by atoms with Gasteiger partial charge < -0.3 is 14.0 Å². The summed E-state index contributed by atoms with van der Waals surface area (Å²) >= 11 is 1.40. The lowest BCUT2D eigenvalue weighted by molar-refractivity contribution is 0.0970. The monoisotopic (exact) mass is 435 g/mol. The first kappa shape index (κ1) is 19.5. The predicted octanol–water partition coefficient (Wildman–Crippen LogP) is 3.70. The Hall–Kier alpha value is -3.46. The van der Waals surface area contributed by atoms with E-state index in [1.165, 1.54) is 11.3 Å². The summed E-state index contributed by atoms with van der Waals surface area (Å²) in [5, 5.41) is 8.96. The molecule has 5 rings (SSSR count). The highest BCUT2D eigenvalue weighted by Gasteiger charge is 2.30. The number of aryl methyl sites for hydroxylation is 1. The quantitative estimate of drug-likeness (QED) is 0.459. The van der Waals surface area contributed by atoms with Crippen LogP contribution in [0.15, 0.2) is 42.5 Å². The van der Waals surface area contributed by atoms with Crippen LogP contribution in [0.2, 0.25) is 0 Å². The number of benzene rings is 2. The van der Waals surface area contributed by atoms with Gasteiger partial charge in [-0.25, -0.2) is 4.98 Å². The van der Waals surface area contributed by atoms with Crippen molar-refractivity contribution in [3.63, 3.8) is 0 Å². The number of carbonyl (C=O) groups is 1. The van der Waals surface area contributed by atoms with Crippen molar-refractivity contribution >= 4 is 32.6 Å². The molecule has 1 aliphatic rings. The van der Waals surface area contributed by atoms with Crippen LogP contribution in [0.5, 0.6) is 11.5 Å². The van der Waals surface area contributed by atoms with E-state index in [2.05, 4.69) is 10.2 Å². The van der Waals surface area contributed by atoms with Gasteiger partial charge in [0.15, 0.2) is 5.13 Å². The van der Waals surface area contributed by atoms with Crippen molar-refractivity contribution in [2.24, 2.45) is 0 Å². The second kappa shape index (κ2) is 7.99. The molecule has 3 heterocycles. The second-order valence-corrected chi connectivity index (χ2v) is 8.19. The molecule has 0 saturated carbocycles. The Morgan fingerprint density at radius 1 is 1.10 bits per heavy atom. The minimum Gasteiger partial charge on any atom is -0.495 e. The molecular formula is C22H21N5O3S. The highest BCUT2D eigenvalue weighted by atomic mass is 32.1. The first-order valence-corrected chi connectivity index (χ1v) is 10.8. The molecule has 4 aromatic rings. The van der Waals surface area contributed by atoms with Crippen LogP contribution in [0, 0.1) is 0 Å². The van der Waals surface area contributed by atoms with Crippen molar-refractivity contribution in [3.05, 3.63) is 59.7 Å². The lowest BCUT2D eigenvalue weighted by atomic mass is 10.2. The van der Waals surface area contributed by atoms with Crippen LogP contribution < -0.4 is 14.4 Å². The van der Waals surface area contributed by atoms with Crippen molar-refractivity contribution in [1.82, 2.24) is 19.7 Å². The summed E-state index contributed by atoms with van der Waals surface area (Å²) in [6, 6.07) is 13.5. The molecule has 0 aliphatic carbocycles. The molecule has 8 nitrogen and oxygen atoms in total. The van der Waals surface area contributed by atoms with E-state index >= 15 is 0 Å². The zero-order valence-electron chi connectivity index (χ0n) is 17.2. The molecule has 0 atom stereocenters. The summed E-state index contributed by atoms with van der Waals surface area (Å²) in [5.41, 5.74) is 1.66. The fourth-order valence-electron chi connectivity index (χ4n) is 3.81. The van der Waals surface area contributed by atoms with Crippen molar-refractivity contribution in [2.75, 3.05) is 19.1 Å². The molecule has 0 saturated heterocycles. The number of carbonyl (C=O) groups excluding carboxylic acids is 1. The molecule has 9 heteroatoms. The van der Waals surface area contributed by atoms with Crippen LogP contribution in [0.25, 0.3) is 10.2 Å². The second-order valence-electron chi connectivity index (χ2n) is 7.22. The fourth-order valence-corrected chi connectivity index (χ4v) is 4.88. The van der Waals surface area contributed by atoms with Crippen molar-refractivity contribution < 1.29 is 14.3 Å². The SMILES string of the molecule is COc1ccc(OC)c2sc(N(Cc3ccccc3)C(=O)c3nnc4n3CCC4)nc12. The van der Waals surface area contributed by atoms with E-state index in [-0.39, 0.29) is 5.91 Å².